The highest BCUT2D eigenvalue weighted by Crippen LogP contribution is 2.26. The molecule has 0 aliphatic carbocycles. The minimum absolute atomic E-state index is 0.0829. The van der Waals surface area contributed by atoms with Crippen molar-refractivity contribution >= 4 is 15.7 Å². The first-order valence-corrected chi connectivity index (χ1v) is 8.30. The molecule has 0 aromatic heterocycles. The Kier molecular flexibility index (Phi) is 6.15. The minimum Gasteiger partial charge on any atom is -0.377 e. The number of nitrogens with one attached hydrogen (secondary N) is 1. The maximum Gasteiger partial charge on any atom is 0.243 e. The maximum absolute atomic E-state index is 12.7. The number of sulfonamides is 1. The molecule has 0 aliphatic rings. The summed E-state index contributed by atoms with van der Waals surface area (Å²) in [6.45, 7) is 8.05. The molecule has 0 saturated carbocycles. The number of nitrogens with zero attached hydrogens (tertiary/aromatic N) is 1. The van der Waals surface area contributed by atoms with Crippen molar-refractivity contribution in [1.82, 2.24) is 4.31 Å². The Morgan fingerprint density at radius 2 is 1.81 bits per heavy atom. The molecule has 7 heteroatoms. The molecule has 1 rings (SSSR count). The second-order valence-electron chi connectivity index (χ2n) is 5.33. The summed E-state index contributed by atoms with van der Waals surface area (Å²) in [6, 6.07) is 3.44. The summed E-state index contributed by atoms with van der Waals surface area (Å²) in [5, 5.41) is 0. The summed E-state index contributed by atoms with van der Waals surface area (Å²) in [5.41, 5.74) is 4.56. The molecule has 0 aliphatic heterocycles. The molecule has 0 spiro atoms. The Balaban J connectivity index is 3.02. The number of ether oxygens (including phenoxy) is 1. The highest BCUT2D eigenvalue weighted by molar-refractivity contribution is 7.89. The van der Waals surface area contributed by atoms with Crippen LogP contribution in [0.25, 0.3) is 0 Å². The molecule has 21 heavy (non-hydrogen) atoms. The fourth-order valence-electron chi connectivity index (χ4n) is 2.13. The first kappa shape index (κ1) is 17.9. The van der Waals surface area contributed by atoms with Gasteiger partial charge in [0.25, 0.3) is 0 Å². The summed E-state index contributed by atoms with van der Waals surface area (Å²) >= 11 is 0. The van der Waals surface area contributed by atoms with Gasteiger partial charge in [-0.2, -0.15) is 4.31 Å². The predicted octanol–water partition coefficient (Wildman–Crippen LogP) is 1.63. The SMILES string of the molecule is Cc1cc(NN)cc(C)c1S(=O)(=O)N(C)CCOC(C)C. The van der Waals surface area contributed by atoms with Gasteiger partial charge in [-0.25, -0.2) is 8.42 Å². The Labute approximate surface area is 127 Å². The van der Waals surface area contributed by atoms with Gasteiger partial charge < -0.3 is 10.2 Å². The van der Waals surface area contributed by atoms with Crippen molar-refractivity contribution in [3.05, 3.63) is 23.3 Å². The van der Waals surface area contributed by atoms with Crippen molar-refractivity contribution in [2.45, 2.75) is 38.7 Å². The Hall–Kier alpha value is -1.15. The van der Waals surface area contributed by atoms with Gasteiger partial charge >= 0.3 is 0 Å². The number of benzene rings is 1. The second kappa shape index (κ2) is 7.22. The summed E-state index contributed by atoms with van der Waals surface area (Å²) in [7, 11) is -1.98. The standard InChI is InChI=1S/C14H25N3O3S/c1-10(2)20-7-6-17(5)21(18,19)14-11(3)8-13(16-15)9-12(14)4/h8-10,16H,6-7,15H2,1-5H3. The zero-order chi connectivity index (χ0) is 16.2. The number of likely N-dealkylation sites (N-methyl/N-ethyl adjacent to an activating group) is 1. The molecule has 0 saturated heterocycles. The maximum atomic E-state index is 12.7. The lowest BCUT2D eigenvalue weighted by molar-refractivity contribution is 0.0737. The van der Waals surface area contributed by atoms with E-state index in [1.807, 2.05) is 13.8 Å². The van der Waals surface area contributed by atoms with Crippen LogP contribution in [0.1, 0.15) is 25.0 Å². The molecule has 1 aromatic rings. The molecule has 6 nitrogen and oxygen atoms in total. The molecule has 0 radical (unpaired) electrons. The van der Waals surface area contributed by atoms with Gasteiger partial charge in [0.2, 0.25) is 10.0 Å². The van der Waals surface area contributed by atoms with E-state index in [1.54, 1.807) is 33.0 Å². The molecule has 0 bridgehead atoms. The number of hydrazine groups is 1. The van der Waals surface area contributed by atoms with Gasteiger partial charge in [-0.3, -0.25) is 5.84 Å². The molecule has 0 atom stereocenters. The summed E-state index contributed by atoms with van der Waals surface area (Å²) < 4.78 is 32.1. The molecule has 0 fully saturated rings. The van der Waals surface area contributed by atoms with E-state index >= 15 is 0 Å². The van der Waals surface area contributed by atoms with Crippen molar-refractivity contribution in [2.24, 2.45) is 5.84 Å². The average Bonchev–Trinajstić information content (AvgIpc) is 2.36. The van der Waals surface area contributed by atoms with Crippen LogP contribution in [0.15, 0.2) is 17.0 Å². The van der Waals surface area contributed by atoms with Gasteiger partial charge in [-0.15, -0.1) is 0 Å². The number of nitrogen functional groups attached to an aromatic ring is 1. The summed E-state index contributed by atoms with van der Waals surface area (Å²) in [5.74, 6) is 5.37. The highest BCUT2D eigenvalue weighted by atomic mass is 32.2. The third-order valence-corrected chi connectivity index (χ3v) is 5.32. The van der Waals surface area contributed by atoms with Gasteiger partial charge in [0.1, 0.15) is 0 Å². The first-order valence-electron chi connectivity index (χ1n) is 6.86. The monoisotopic (exact) mass is 315 g/mol. The van der Waals surface area contributed by atoms with E-state index in [9.17, 15) is 8.42 Å². The minimum atomic E-state index is -3.54. The lowest BCUT2D eigenvalue weighted by Crippen LogP contribution is -2.32. The number of hydrogen-bond acceptors (Lipinski definition) is 5. The molecule has 3 N–H and O–H groups in total. The first-order chi connectivity index (χ1) is 9.70. The van der Waals surface area contributed by atoms with E-state index in [4.69, 9.17) is 10.6 Å². The number of hydrogen-bond donors (Lipinski definition) is 2. The lowest BCUT2D eigenvalue weighted by atomic mass is 10.1. The molecule has 0 heterocycles. The van der Waals surface area contributed by atoms with Gasteiger partial charge in [0.05, 0.1) is 17.6 Å². The Bertz CT molecular complexity index is 562. The number of rotatable bonds is 7. The fourth-order valence-corrected chi connectivity index (χ4v) is 3.69. The molecule has 0 amide bonds. The van der Waals surface area contributed by atoms with Crippen molar-refractivity contribution in [3.63, 3.8) is 0 Å². The molecule has 1 aromatic carbocycles. The van der Waals surface area contributed by atoms with Crippen molar-refractivity contribution in [3.8, 4) is 0 Å². The van der Waals surface area contributed by atoms with E-state index in [2.05, 4.69) is 5.43 Å². The van der Waals surface area contributed by atoms with E-state index in [1.165, 1.54) is 4.31 Å². The topological polar surface area (TPSA) is 84.7 Å². The van der Waals surface area contributed by atoms with E-state index in [-0.39, 0.29) is 6.10 Å². The third kappa shape index (κ3) is 4.41. The zero-order valence-corrected chi connectivity index (χ0v) is 14.1. The van der Waals surface area contributed by atoms with Crippen LogP contribution in [-0.2, 0) is 14.8 Å². The van der Waals surface area contributed by atoms with Crippen LogP contribution in [-0.4, -0.2) is 39.0 Å². The van der Waals surface area contributed by atoms with Crippen molar-refractivity contribution in [2.75, 3.05) is 25.6 Å². The van der Waals surface area contributed by atoms with Crippen LogP contribution < -0.4 is 11.3 Å². The van der Waals surface area contributed by atoms with Gasteiger partial charge in [0.15, 0.2) is 0 Å². The van der Waals surface area contributed by atoms with E-state index in [0.29, 0.717) is 34.9 Å². The predicted molar refractivity (Wildman–Crippen MR) is 84.6 cm³/mol. The van der Waals surface area contributed by atoms with E-state index < -0.39 is 10.0 Å². The Morgan fingerprint density at radius 3 is 2.24 bits per heavy atom. The number of aryl methyl sites for hydroxylation is 2. The Morgan fingerprint density at radius 1 is 1.29 bits per heavy atom. The normalized spacial score (nSPS) is 12.2. The fraction of sp³-hybridized carbons (Fsp3) is 0.571. The van der Waals surface area contributed by atoms with Gasteiger partial charge in [-0.05, 0) is 51.0 Å². The van der Waals surface area contributed by atoms with Crippen molar-refractivity contribution < 1.29 is 13.2 Å². The molecule has 120 valence electrons. The number of anilines is 1. The van der Waals surface area contributed by atoms with Crippen LogP contribution in [0.3, 0.4) is 0 Å². The quantitative estimate of drug-likeness (QED) is 0.590. The number of nitrogens with two attached hydrogens (primary N) is 1. The smallest absolute Gasteiger partial charge is 0.243 e. The lowest BCUT2D eigenvalue weighted by Gasteiger charge is -2.21. The summed E-state index contributed by atoms with van der Waals surface area (Å²) in [6.07, 6.45) is 0.0829. The summed E-state index contributed by atoms with van der Waals surface area (Å²) in [4.78, 5) is 0.327. The van der Waals surface area contributed by atoms with Gasteiger partial charge in [-0.1, -0.05) is 0 Å². The average molecular weight is 315 g/mol. The van der Waals surface area contributed by atoms with Crippen LogP contribution in [0.2, 0.25) is 0 Å². The van der Waals surface area contributed by atoms with Crippen LogP contribution >= 0.6 is 0 Å². The van der Waals surface area contributed by atoms with Crippen LogP contribution in [0.5, 0.6) is 0 Å². The van der Waals surface area contributed by atoms with E-state index in [0.717, 1.165) is 0 Å². The van der Waals surface area contributed by atoms with Crippen LogP contribution in [0.4, 0.5) is 5.69 Å². The molecular weight excluding hydrogens is 290 g/mol. The van der Waals surface area contributed by atoms with Crippen LogP contribution in [0, 0.1) is 13.8 Å². The largest absolute Gasteiger partial charge is 0.377 e. The zero-order valence-electron chi connectivity index (χ0n) is 13.3. The van der Waals surface area contributed by atoms with Gasteiger partial charge in [0, 0.05) is 19.3 Å². The molecule has 0 unspecified atom stereocenters. The highest BCUT2D eigenvalue weighted by Gasteiger charge is 2.25. The molecular formula is C14H25N3O3S. The van der Waals surface area contributed by atoms with Crippen molar-refractivity contribution in [1.29, 1.82) is 0 Å². The third-order valence-electron chi connectivity index (χ3n) is 3.15. The second-order valence-corrected chi connectivity index (χ2v) is 7.31.